The number of benzene rings is 2. The van der Waals surface area contributed by atoms with Crippen molar-refractivity contribution in [2.24, 2.45) is 0 Å². The number of amides is 1. The number of para-hydroxylation sites is 1. The molecule has 2 nitrogen and oxygen atoms in total. The highest BCUT2D eigenvalue weighted by Gasteiger charge is 2.58. The number of hydrogen-bond donors (Lipinski definition) is 0. The zero-order valence-corrected chi connectivity index (χ0v) is 12.6. The van der Waals surface area contributed by atoms with E-state index in [0.29, 0.717) is 0 Å². The molecule has 0 saturated carbocycles. The number of anilines is 1. The van der Waals surface area contributed by atoms with Crippen LogP contribution in [0.3, 0.4) is 0 Å². The van der Waals surface area contributed by atoms with Gasteiger partial charge >= 0.3 is 0 Å². The van der Waals surface area contributed by atoms with Gasteiger partial charge < -0.3 is 0 Å². The molecule has 1 heterocycles. The highest BCUT2D eigenvalue weighted by Crippen LogP contribution is 2.44. The second-order valence-corrected chi connectivity index (χ2v) is 6.23. The Hall–Kier alpha value is -1.77. The van der Waals surface area contributed by atoms with Crippen LogP contribution in [0.2, 0.25) is 0 Å². The van der Waals surface area contributed by atoms with Crippen LogP contribution >= 0.6 is 23.2 Å². The molecule has 1 aliphatic heterocycles. The van der Waals surface area contributed by atoms with Gasteiger partial charge in [0.15, 0.2) is 0 Å². The van der Waals surface area contributed by atoms with Gasteiger partial charge in [-0.15, -0.1) is 0 Å². The van der Waals surface area contributed by atoms with Gasteiger partial charge in [-0.25, -0.2) is 0 Å². The maximum Gasteiger partial charge on any atom is 0.266 e. The van der Waals surface area contributed by atoms with Crippen LogP contribution in [0.5, 0.6) is 0 Å². The molecular weight excluding hydrogens is 305 g/mol. The molecule has 106 valence electrons. The molecule has 1 aliphatic rings. The summed E-state index contributed by atoms with van der Waals surface area (Å²) in [6, 6.07) is 18.8. The molecule has 0 radical (unpaired) electrons. The summed E-state index contributed by atoms with van der Waals surface area (Å²) in [4.78, 5) is 13.7. The highest BCUT2D eigenvalue weighted by molar-refractivity contribution is 6.63. The minimum atomic E-state index is -1.40. The average molecular weight is 318 g/mol. The van der Waals surface area contributed by atoms with Gasteiger partial charge in [0, 0.05) is 5.69 Å². The second kappa shape index (κ2) is 5.55. The van der Waals surface area contributed by atoms with Gasteiger partial charge in [-0.3, -0.25) is 9.69 Å². The molecule has 0 aliphatic carbocycles. The first-order chi connectivity index (χ1) is 10.1. The quantitative estimate of drug-likeness (QED) is 0.611. The number of carbonyl (C=O) groups is 1. The number of rotatable bonds is 3. The molecule has 1 amide bonds. The summed E-state index contributed by atoms with van der Waals surface area (Å²) < 4.78 is -1.40. The SMILES string of the molecule is O=C1N(c2ccccc2)C(C=Cc2ccccc2)C1(Cl)Cl. The van der Waals surface area contributed by atoms with E-state index >= 15 is 0 Å². The van der Waals surface area contributed by atoms with E-state index in [4.69, 9.17) is 23.2 Å². The van der Waals surface area contributed by atoms with Crippen LogP contribution in [0, 0.1) is 0 Å². The maximum atomic E-state index is 12.1. The van der Waals surface area contributed by atoms with E-state index in [2.05, 4.69) is 0 Å². The Kier molecular flexibility index (Phi) is 3.75. The van der Waals surface area contributed by atoms with Gasteiger partial charge in [0.25, 0.3) is 5.91 Å². The average Bonchev–Trinajstić information content (AvgIpc) is 2.52. The van der Waals surface area contributed by atoms with Gasteiger partial charge in [0.05, 0.1) is 6.04 Å². The number of alkyl halides is 2. The van der Waals surface area contributed by atoms with Crippen molar-refractivity contribution in [1.82, 2.24) is 0 Å². The lowest BCUT2D eigenvalue weighted by Gasteiger charge is -2.47. The molecule has 1 atom stereocenters. The van der Waals surface area contributed by atoms with Crippen LogP contribution in [-0.2, 0) is 4.79 Å². The lowest BCUT2D eigenvalue weighted by atomic mass is 9.97. The molecule has 2 aromatic carbocycles. The molecule has 0 bridgehead atoms. The predicted molar refractivity (Wildman–Crippen MR) is 87.6 cm³/mol. The first-order valence-electron chi connectivity index (χ1n) is 6.60. The Bertz CT molecular complexity index is 668. The van der Waals surface area contributed by atoms with Gasteiger partial charge in [0.1, 0.15) is 0 Å². The smallest absolute Gasteiger partial charge is 0.266 e. The number of halogens is 2. The van der Waals surface area contributed by atoms with Gasteiger partial charge in [0.2, 0.25) is 4.33 Å². The molecule has 0 aromatic heterocycles. The molecule has 3 rings (SSSR count). The van der Waals surface area contributed by atoms with E-state index in [0.717, 1.165) is 11.3 Å². The lowest BCUT2D eigenvalue weighted by molar-refractivity contribution is -0.124. The molecule has 4 heteroatoms. The van der Waals surface area contributed by atoms with Crippen molar-refractivity contribution in [3.8, 4) is 0 Å². The van der Waals surface area contributed by atoms with E-state index in [1.54, 1.807) is 4.90 Å². The first kappa shape index (κ1) is 14.2. The van der Waals surface area contributed by atoms with E-state index < -0.39 is 4.33 Å². The van der Waals surface area contributed by atoms with Crippen molar-refractivity contribution in [2.75, 3.05) is 4.90 Å². The van der Waals surface area contributed by atoms with Crippen molar-refractivity contribution in [1.29, 1.82) is 0 Å². The van der Waals surface area contributed by atoms with Crippen LogP contribution in [0.4, 0.5) is 5.69 Å². The van der Waals surface area contributed by atoms with E-state index in [1.807, 2.05) is 72.8 Å². The largest absolute Gasteiger partial charge is 0.299 e. The summed E-state index contributed by atoms with van der Waals surface area (Å²) in [5.41, 5.74) is 1.83. The Balaban J connectivity index is 1.88. The van der Waals surface area contributed by atoms with Crippen LogP contribution in [0.25, 0.3) is 6.08 Å². The normalized spacial score (nSPS) is 20.6. The predicted octanol–water partition coefficient (Wildman–Crippen LogP) is 4.29. The van der Waals surface area contributed by atoms with Crippen LogP contribution in [0.1, 0.15) is 5.56 Å². The fourth-order valence-corrected chi connectivity index (χ4v) is 2.87. The zero-order chi connectivity index (χ0) is 14.9. The third kappa shape index (κ3) is 2.57. The van der Waals surface area contributed by atoms with E-state index in [-0.39, 0.29) is 11.9 Å². The Morgan fingerprint density at radius 3 is 2.14 bits per heavy atom. The number of carbonyl (C=O) groups excluding carboxylic acids is 1. The summed E-state index contributed by atoms with van der Waals surface area (Å²) >= 11 is 12.3. The van der Waals surface area contributed by atoms with Gasteiger partial charge in [-0.2, -0.15) is 0 Å². The second-order valence-electron chi connectivity index (χ2n) is 4.85. The summed E-state index contributed by atoms with van der Waals surface area (Å²) in [6.45, 7) is 0. The minimum absolute atomic E-state index is 0.292. The van der Waals surface area contributed by atoms with Gasteiger partial charge in [-0.1, -0.05) is 83.9 Å². The Morgan fingerprint density at radius 2 is 1.52 bits per heavy atom. The molecule has 1 saturated heterocycles. The molecule has 2 aromatic rings. The van der Waals surface area contributed by atoms with E-state index in [9.17, 15) is 4.79 Å². The Labute approximate surface area is 133 Å². The molecule has 21 heavy (non-hydrogen) atoms. The zero-order valence-electron chi connectivity index (χ0n) is 11.1. The number of hydrogen-bond acceptors (Lipinski definition) is 1. The van der Waals surface area contributed by atoms with Gasteiger partial charge in [-0.05, 0) is 17.7 Å². The first-order valence-corrected chi connectivity index (χ1v) is 7.36. The van der Waals surface area contributed by atoms with Crippen molar-refractivity contribution >= 4 is 40.9 Å². The summed E-state index contributed by atoms with van der Waals surface area (Å²) in [5, 5.41) is 0. The van der Waals surface area contributed by atoms with Crippen molar-refractivity contribution < 1.29 is 4.79 Å². The van der Waals surface area contributed by atoms with Crippen LogP contribution in [-0.4, -0.2) is 16.3 Å². The van der Waals surface area contributed by atoms with E-state index in [1.165, 1.54) is 0 Å². The molecule has 0 N–H and O–H groups in total. The van der Waals surface area contributed by atoms with Crippen molar-refractivity contribution in [2.45, 2.75) is 10.4 Å². The lowest BCUT2D eigenvalue weighted by Crippen LogP contribution is -2.68. The minimum Gasteiger partial charge on any atom is -0.299 e. The number of β-lactam (4-membered cyclic amide) rings is 1. The van der Waals surface area contributed by atoms with Crippen LogP contribution < -0.4 is 4.90 Å². The summed E-state index contributed by atoms with van der Waals surface area (Å²) in [5.74, 6) is -0.292. The van der Waals surface area contributed by atoms with Crippen molar-refractivity contribution in [3.05, 3.63) is 72.3 Å². The molecule has 1 unspecified atom stereocenters. The fourth-order valence-electron chi connectivity index (χ4n) is 2.35. The Morgan fingerprint density at radius 1 is 0.952 bits per heavy atom. The molecular formula is C17H13Cl2NO. The molecule has 0 spiro atoms. The third-order valence-corrected chi connectivity index (χ3v) is 4.23. The monoisotopic (exact) mass is 317 g/mol. The topological polar surface area (TPSA) is 20.3 Å². The number of nitrogens with zero attached hydrogens (tertiary/aromatic N) is 1. The summed E-state index contributed by atoms with van der Waals surface area (Å²) in [6.07, 6.45) is 3.79. The van der Waals surface area contributed by atoms with Crippen LogP contribution in [0.15, 0.2) is 66.7 Å². The molecule has 1 fully saturated rings. The fraction of sp³-hybridized carbons (Fsp3) is 0.118. The standard InChI is InChI=1S/C17H13Cl2NO/c18-17(19)15(12-11-13-7-3-1-4-8-13)20(16(17)21)14-9-5-2-6-10-14/h1-12,15H. The summed E-state index contributed by atoms with van der Waals surface area (Å²) in [7, 11) is 0. The van der Waals surface area contributed by atoms with Crippen molar-refractivity contribution in [3.63, 3.8) is 0 Å². The highest BCUT2D eigenvalue weighted by atomic mass is 35.5. The third-order valence-electron chi connectivity index (χ3n) is 3.46. The maximum absolute atomic E-state index is 12.1.